The van der Waals surface area contributed by atoms with Gasteiger partial charge in [0.1, 0.15) is 0 Å². The Balaban J connectivity index is 2.24. The molecule has 2 aliphatic rings. The minimum Gasteiger partial charge on any atom is -0.405 e. The minimum absolute atomic E-state index is 0.00940. The standard InChI is InChI=1S/C13H14F6O6S/c14-12(15,16)11(13(17,18)19)24-9(20)8(10(21)25-11)26(22,23)6-5-7-3-1-2-4-7/h7-8H,1-6H2. The summed E-state index contributed by atoms with van der Waals surface area (Å²) in [7, 11) is -4.69. The van der Waals surface area contributed by atoms with E-state index in [2.05, 4.69) is 9.47 Å². The fraction of sp³-hybridized carbons (Fsp3) is 0.846. The molecule has 6 nitrogen and oxygen atoms in total. The first-order valence-electron chi connectivity index (χ1n) is 7.52. The van der Waals surface area contributed by atoms with Gasteiger partial charge in [0, 0.05) is 0 Å². The molecule has 1 saturated carbocycles. The lowest BCUT2D eigenvalue weighted by Crippen LogP contribution is -2.68. The average Bonchev–Trinajstić information content (AvgIpc) is 2.95. The number of rotatable bonds is 4. The van der Waals surface area contributed by atoms with Crippen LogP contribution in [0.5, 0.6) is 0 Å². The smallest absolute Gasteiger partial charge is 0.405 e. The first kappa shape index (κ1) is 20.8. The zero-order valence-electron chi connectivity index (χ0n) is 13.0. The maximum atomic E-state index is 12.8. The van der Waals surface area contributed by atoms with Crippen molar-refractivity contribution in [3.05, 3.63) is 0 Å². The molecule has 0 aromatic heterocycles. The molecule has 13 heteroatoms. The van der Waals surface area contributed by atoms with Crippen molar-refractivity contribution in [1.82, 2.24) is 0 Å². The molecule has 0 spiro atoms. The Bertz CT molecular complexity index is 642. The van der Waals surface area contributed by atoms with E-state index in [4.69, 9.17) is 0 Å². The lowest BCUT2D eigenvalue weighted by Gasteiger charge is -2.39. The summed E-state index contributed by atoms with van der Waals surface area (Å²) < 4.78 is 108. The molecule has 1 saturated heterocycles. The van der Waals surface area contributed by atoms with Crippen LogP contribution in [0.3, 0.4) is 0 Å². The Labute approximate surface area is 143 Å². The van der Waals surface area contributed by atoms with Gasteiger partial charge in [0.05, 0.1) is 5.75 Å². The van der Waals surface area contributed by atoms with Crippen molar-refractivity contribution in [2.45, 2.75) is 55.5 Å². The molecule has 0 unspecified atom stereocenters. The van der Waals surface area contributed by atoms with Crippen LogP contribution in [0.25, 0.3) is 0 Å². The van der Waals surface area contributed by atoms with Gasteiger partial charge in [0.25, 0.3) is 5.25 Å². The molecule has 150 valence electrons. The Morgan fingerprint density at radius 3 is 1.73 bits per heavy atom. The summed E-state index contributed by atoms with van der Waals surface area (Å²) in [6, 6.07) is 0. The van der Waals surface area contributed by atoms with Gasteiger partial charge in [-0.25, -0.2) is 18.0 Å². The number of alkyl halides is 6. The Morgan fingerprint density at radius 2 is 1.35 bits per heavy atom. The fourth-order valence-electron chi connectivity index (χ4n) is 2.94. The van der Waals surface area contributed by atoms with Gasteiger partial charge in [-0.2, -0.15) is 26.3 Å². The molecule has 2 rings (SSSR count). The summed E-state index contributed by atoms with van der Waals surface area (Å²) in [6.07, 6.45) is -9.51. The van der Waals surface area contributed by atoms with Crippen LogP contribution < -0.4 is 0 Å². The summed E-state index contributed by atoms with van der Waals surface area (Å²) in [5, 5.41) is -2.87. The summed E-state index contributed by atoms with van der Waals surface area (Å²) in [4.78, 5) is 23.3. The van der Waals surface area contributed by atoms with E-state index < -0.39 is 50.9 Å². The molecule has 2 fully saturated rings. The summed E-state index contributed by atoms with van der Waals surface area (Å²) in [6.45, 7) is 0. The van der Waals surface area contributed by atoms with Crippen LogP contribution in [0.2, 0.25) is 0 Å². The van der Waals surface area contributed by atoms with Gasteiger partial charge >= 0.3 is 30.1 Å². The minimum atomic E-state index is -6.34. The van der Waals surface area contributed by atoms with Crippen LogP contribution in [-0.2, 0) is 28.9 Å². The van der Waals surface area contributed by atoms with Crippen molar-refractivity contribution in [2.24, 2.45) is 5.92 Å². The molecule has 0 aromatic rings. The van der Waals surface area contributed by atoms with Gasteiger partial charge in [-0.05, 0) is 12.3 Å². The molecule has 1 aliphatic heterocycles. The lowest BCUT2D eigenvalue weighted by atomic mass is 10.1. The van der Waals surface area contributed by atoms with E-state index in [1.165, 1.54) is 0 Å². The highest BCUT2D eigenvalue weighted by molar-refractivity contribution is 7.93. The molecular weight excluding hydrogens is 398 g/mol. The van der Waals surface area contributed by atoms with Gasteiger partial charge < -0.3 is 9.47 Å². The molecule has 26 heavy (non-hydrogen) atoms. The molecule has 0 atom stereocenters. The largest absolute Gasteiger partial charge is 0.478 e. The number of cyclic esters (lactones) is 2. The van der Waals surface area contributed by atoms with Crippen LogP contribution in [0, 0.1) is 5.92 Å². The number of ether oxygens (including phenoxy) is 2. The third-order valence-corrected chi connectivity index (χ3v) is 6.22. The van der Waals surface area contributed by atoms with Gasteiger partial charge in [0.2, 0.25) is 0 Å². The SMILES string of the molecule is O=C1OC(C(F)(F)F)(C(F)(F)F)OC(=O)C1S(=O)(=O)CCC1CCCC1. The zero-order valence-corrected chi connectivity index (χ0v) is 13.8. The summed E-state index contributed by atoms with van der Waals surface area (Å²) in [5.41, 5.74) is 0. The number of hydrogen-bond donors (Lipinski definition) is 0. The molecule has 0 N–H and O–H groups in total. The molecule has 0 aromatic carbocycles. The Kier molecular flexibility index (Phi) is 5.25. The first-order valence-corrected chi connectivity index (χ1v) is 9.23. The number of halogens is 6. The van der Waals surface area contributed by atoms with E-state index in [1.54, 1.807) is 0 Å². The molecular formula is C13H14F6O6S. The first-order chi connectivity index (χ1) is 11.7. The van der Waals surface area contributed by atoms with Crippen molar-refractivity contribution in [1.29, 1.82) is 0 Å². The number of hydrogen-bond acceptors (Lipinski definition) is 6. The lowest BCUT2D eigenvalue weighted by molar-refractivity contribution is -0.448. The van der Waals surface area contributed by atoms with Crippen LogP contribution >= 0.6 is 0 Å². The highest BCUT2D eigenvalue weighted by Crippen LogP contribution is 2.49. The highest BCUT2D eigenvalue weighted by atomic mass is 32.2. The quantitative estimate of drug-likeness (QED) is 0.400. The third-order valence-electron chi connectivity index (χ3n) is 4.31. The number of carbonyl (C=O) groups is 2. The van der Waals surface area contributed by atoms with E-state index in [-0.39, 0.29) is 12.3 Å². The van der Waals surface area contributed by atoms with Crippen LogP contribution in [0.1, 0.15) is 32.1 Å². The highest BCUT2D eigenvalue weighted by Gasteiger charge is 2.81. The normalized spacial score (nSPS) is 23.0. The molecule has 1 aliphatic carbocycles. The monoisotopic (exact) mass is 412 g/mol. The van der Waals surface area contributed by atoms with E-state index in [0.717, 1.165) is 12.8 Å². The zero-order chi connectivity index (χ0) is 20.0. The van der Waals surface area contributed by atoms with Crippen molar-refractivity contribution >= 4 is 21.8 Å². The third kappa shape index (κ3) is 3.62. The maximum absolute atomic E-state index is 12.8. The fourth-order valence-corrected chi connectivity index (χ4v) is 4.52. The maximum Gasteiger partial charge on any atom is 0.478 e. The summed E-state index contributed by atoms with van der Waals surface area (Å²) in [5.74, 6) is -11.2. The van der Waals surface area contributed by atoms with Gasteiger partial charge in [-0.15, -0.1) is 0 Å². The number of carbonyl (C=O) groups excluding carboxylic acids is 2. The Hall–Kier alpha value is -1.53. The van der Waals surface area contributed by atoms with E-state index in [1.807, 2.05) is 0 Å². The van der Waals surface area contributed by atoms with Crippen molar-refractivity contribution in [3.63, 3.8) is 0 Å². The van der Waals surface area contributed by atoms with Crippen molar-refractivity contribution < 1.29 is 53.8 Å². The second-order valence-corrected chi connectivity index (χ2v) is 8.35. The molecule has 0 amide bonds. The average molecular weight is 412 g/mol. The van der Waals surface area contributed by atoms with Gasteiger partial charge in [-0.3, -0.25) is 0 Å². The summed E-state index contributed by atoms with van der Waals surface area (Å²) >= 11 is 0. The van der Waals surface area contributed by atoms with Crippen molar-refractivity contribution in [2.75, 3.05) is 5.75 Å². The predicted molar refractivity (Wildman–Crippen MR) is 71.2 cm³/mol. The topological polar surface area (TPSA) is 86.7 Å². The van der Waals surface area contributed by atoms with Gasteiger partial charge in [-0.1, -0.05) is 25.7 Å². The van der Waals surface area contributed by atoms with Gasteiger partial charge in [0.15, 0.2) is 9.84 Å². The van der Waals surface area contributed by atoms with E-state index in [9.17, 15) is 44.3 Å². The van der Waals surface area contributed by atoms with Crippen LogP contribution in [0.4, 0.5) is 26.3 Å². The second kappa shape index (κ2) is 6.57. The van der Waals surface area contributed by atoms with Crippen LogP contribution in [0.15, 0.2) is 0 Å². The second-order valence-electron chi connectivity index (χ2n) is 6.14. The predicted octanol–water partition coefficient (Wildman–Crippen LogP) is 2.27. The van der Waals surface area contributed by atoms with Crippen molar-refractivity contribution in [3.8, 4) is 0 Å². The Morgan fingerprint density at radius 1 is 0.923 bits per heavy atom. The number of sulfone groups is 1. The van der Waals surface area contributed by atoms with E-state index in [0.29, 0.717) is 12.8 Å². The number of esters is 2. The molecule has 1 heterocycles. The van der Waals surface area contributed by atoms with Crippen LogP contribution in [-0.4, -0.2) is 49.5 Å². The van der Waals surface area contributed by atoms with E-state index >= 15 is 0 Å². The molecule has 0 bridgehead atoms. The molecule has 0 radical (unpaired) electrons.